The second-order valence-electron chi connectivity index (χ2n) is 4.86. The van der Waals surface area contributed by atoms with E-state index in [1.54, 1.807) is 0 Å². The van der Waals surface area contributed by atoms with E-state index in [1.807, 2.05) is 25.1 Å². The summed E-state index contributed by atoms with van der Waals surface area (Å²) >= 11 is 0. The lowest BCUT2D eigenvalue weighted by atomic mass is 9.85. The van der Waals surface area contributed by atoms with Crippen molar-refractivity contribution in [2.45, 2.75) is 32.5 Å². The van der Waals surface area contributed by atoms with Gasteiger partial charge in [-0.1, -0.05) is 18.2 Å². The molecule has 0 saturated heterocycles. The summed E-state index contributed by atoms with van der Waals surface area (Å²) in [6, 6.07) is 8.13. The molecule has 1 aliphatic rings. The van der Waals surface area contributed by atoms with E-state index < -0.39 is 10.1 Å². The lowest BCUT2D eigenvalue weighted by molar-refractivity contribution is -0.0981. The first-order valence-electron chi connectivity index (χ1n) is 5.96. The molecular formula is C13H20O5S. The van der Waals surface area contributed by atoms with E-state index in [9.17, 15) is 8.42 Å². The maximum absolute atomic E-state index is 9.19. The van der Waals surface area contributed by atoms with Crippen molar-refractivity contribution < 1.29 is 22.4 Å². The SMILES string of the molecule is CCOC1Oc2ccccc2C1(C)C.CS(=O)(=O)O. The molecule has 0 aromatic heterocycles. The van der Waals surface area contributed by atoms with Gasteiger partial charge in [0.2, 0.25) is 6.29 Å². The van der Waals surface area contributed by atoms with Crippen molar-refractivity contribution in [1.82, 2.24) is 0 Å². The van der Waals surface area contributed by atoms with Crippen LogP contribution in [0.5, 0.6) is 5.75 Å². The molecule has 1 aromatic rings. The average molecular weight is 288 g/mol. The zero-order chi connectivity index (χ0) is 14.7. The predicted octanol–water partition coefficient (Wildman–Crippen LogP) is 2.22. The van der Waals surface area contributed by atoms with E-state index in [0.29, 0.717) is 12.9 Å². The third kappa shape index (κ3) is 4.49. The van der Waals surface area contributed by atoms with Gasteiger partial charge in [0.05, 0.1) is 11.7 Å². The highest BCUT2D eigenvalue weighted by Crippen LogP contribution is 2.42. The summed E-state index contributed by atoms with van der Waals surface area (Å²) in [5.74, 6) is 0.955. The van der Waals surface area contributed by atoms with Gasteiger partial charge in [0.15, 0.2) is 0 Å². The molecule has 0 saturated carbocycles. The monoisotopic (exact) mass is 288 g/mol. The molecule has 0 spiro atoms. The Morgan fingerprint density at radius 3 is 2.37 bits per heavy atom. The fourth-order valence-electron chi connectivity index (χ4n) is 1.89. The highest BCUT2D eigenvalue weighted by atomic mass is 32.2. The van der Waals surface area contributed by atoms with Crippen LogP contribution in [0.15, 0.2) is 24.3 Å². The van der Waals surface area contributed by atoms with Crippen LogP contribution in [0.25, 0.3) is 0 Å². The molecule has 0 bridgehead atoms. The molecule has 0 fully saturated rings. The summed E-state index contributed by atoms with van der Waals surface area (Å²) in [4.78, 5) is 0. The predicted molar refractivity (Wildman–Crippen MR) is 73.0 cm³/mol. The van der Waals surface area contributed by atoms with Crippen molar-refractivity contribution in [3.05, 3.63) is 29.8 Å². The number of ether oxygens (including phenoxy) is 2. The number of benzene rings is 1. The van der Waals surface area contributed by atoms with Crippen LogP contribution in [0.3, 0.4) is 0 Å². The first-order chi connectivity index (χ1) is 8.66. The highest BCUT2D eigenvalue weighted by Gasteiger charge is 2.41. The number of rotatable bonds is 2. The lowest BCUT2D eigenvalue weighted by Gasteiger charge is -2.25. The second kappa shape index (κ2) is 5.90. The maximum atomic E-state index is 9.19. The van der Waals surface area contributed by atoms with Crippen molar-refractivity contribution >= 4 is 10.1 Å². The Balaban J connectivity index is 0.000000312. The van der Waals surface area contributed by atoms with Gasteiger partial charge in [0.25, 0.3) is 10.1 Å². The molecular weight excluding hydrogens is 268 g/mol. The molecule has 108 valence electrons. The lowest BCUT2D eigenvalue weighted by Crippen LogP contribution is -2.34. The van der Waals surface area contributed by atoms with E-state index in [2.05, 4.69) is 19.9 Å². The third-order valence-corrected chi connectivity index (χ3v) is 2.72. The summed E-state index contributed by atoms with van der Waals surface area (Å²) in [5, 5.41) is 0. The van der Waals surface area contributed by atoms with E-state index in [1.165, 1.54) is 5.56 Å². The number of fused-ring (bicyclic) bond motifs is 1. The van der Waals surface area contributed by atoms with Gasteiger partial charge in [-0.05, 0) is 26.8 Å². The zero-order valence-electron chi connectivity index (χ0n) is 11.6. The molecule has 1 heterocycles. The second-order valence-corrected chi connectivity index (χ2v) is 6.32. The molecule has 0 amide bonds. The van der Waals surface area contributed by atoms with Gasteiger partial charge in [-0.2, -0.15) is 8.42 Å². The van der Waals surface area contributed by atoms with Crippen molar-refractivity contribution in [2.24, 2.45) is 0 Å². The van der Waals surface area contributed by atoms with Crippen molar-refractivity contribution in [2.75, 3.05) is 12.9 Å². The van der Waals surface area contributed by atoms with Crippen LogP contribution >= 0.6 is 0 Å². The van der Waals surface area contributed by atoms with Crippen LogP contribution in [0.1, 0.15) is 26.3 Å². The summed E-state index contributed by atoms with van der Waals surface area (Å²) in [6.45, 7) is 6.98. The Morgan fingerprint density at radius 1 is 1.37 bits per heavy atom. The minimum absolute atomic E-state index is 0.0490. The molecule has 1 aliphatic heterocycles. The van der Waals surface area contributed by atoms with Crippen LogP contribution in [-0.2, 0) is 20.3 Å². The first kappa shape index (κ1) is 15.9. The van der Waals surface area contributed by atoms with Crippen LogP contribution in [-0.4, -0.2) is 32.1 Å². The van der Waals surface area contributed by atoms with Gasteiger partial charge in [0.1, 0.15) is 5.75 Å². The normalized spacial score (nSPS) is 19.9. The van der Waals surface area contributed by atoms with Gasteiger partial charge >= 0.3 is 0 Å². The van der Waals surface area contributed by atoms with Gasteiger partial charge in [0, 0.05) is 12.2 Å². The summed E-state index contributed by atoms with van der Waals surface area (Å²) in [6.07, 6.45) is 0.567. The zero-order valence-corrected chi connectivity index (χ0v) is 12.4. The Morgan fingerprint density at radius 2 is 1.89 bits per heavy atom. The number of hydrogen-bond donors (Lipinski definition) is 1. The average Bonchev–Trinajstić information content (AvgIpc) is 2.50. The summed E-state index contributed by atoms with van der Waals surface area (Å²) in [7, 11) is -3.67. The Bertz CT molecular complexity index is 514. The molecule has 1 unspecified atom stereocenters. The van der Waals surface area contributed by atoms with Gasteiger partial charge in [-0.15, -0.1) is 0 Å². The van der Waals surface area contributed by atoms with Crippen LogP contribution in [0.4, 0.5) is 0 Å². The quantitative estimate of drug-likeness (QED) is 0.845. The maximum Gasteiger partial charge on any atom is 0.261 e. The van der Waals surface area contributed by atoms with E-state index in [0.717, 1.165) is 5.75 Å². The van der Waals surface area contributed by atoms with E-state index in [-0.39, 0.29) is 11.7 Å². The Kier molecular flexibility index (Phi) is 4.95. The topological polar surface area (TPSA) is 72.8 Å². The van der Waals surface area contributed by atoms with E-state index in [4.69, 9.17) is 14.0 Å². The largest absolute Gasteiger partial charge is 0.464 e. The summed E-state index contributed by atoms with van der Waals surface area (Å²) in [5.41, 5.74) is 1.19. The molecule has 0 radical (unpaired) electrons. The van der Waals surface area contributed by atoms with Crippen molar-refractivity contribution in [3.8, 4) is 5.75 Å². The molecule has 1 atom stereocenters. The minimum Gasteiger partial charge on any atom is -0.464 e. The molecule has 0 aliphatic carbocycles. The Hall–Kier alpha value is -1.11. The molecule has 2 rings (SSSR count). The standard InChI is InChI=1S/C12H16O2.CH4O3S/c1-4-13-11-12(2,3)9-7-5-6-8-10(9)14-11;1-5(2,3)4/h5-8,11H,4H2,1-3H3;1H3,(H,2,3,4). The molecule has 1 N–H and O–H groups in total. The number of hydrogen-bond acceptors (Lipinski definition) is 4. The highest BCUT2D eigenvalue weighted by molar-refractivity contribution is 7.85. The van der Waals surface area contributed by atoms with Gasteiger partial charge in [-0.25, -0.2) is 0 Å². The van der Waals surface area contributed by atoms with Crippen LogP contribution in [0.2, 0.25) is 0 Å². The molecule has 19 heavy (non-hydrogen) atoms. The fraction of sp³-hybridized carbons (Fsp3) is 0.538. The molecule has 6 heteroatoms. The molecule has 1 aromatic carbocycles. The summed E-state index contributed by atoms with van der Waals surface area (Å²) < 4.78 is 37.2. The number of para-hydroxylation sites is 1. The van der Waals surface area contributed by atoms with Crippen LogP contribution < -0.4 is 4.74 Å². The van der Waals surface area contributed by atoms with E-state index >= 15 is 0 Å². The minimum atomic E-state index is -3.67. The smallest absolute Gasteiger partial charge is 0.261 e. The molecule has 5 nitrogen and oxygen atoms in total. The van der Waals surface area contributed by atoms with Gasteiger partial charge < -0.3 is 9.47 Å². The van der Waals surface area contributed by atoms with Crippen molar-refractivity contribution in [3.63, 3.8) is 0 Å². The fourth-order valence-corrected chi connectivity index (χ4v) is 1.89. The Labute approximate surface area is 114 Å². The van der Waals surface area contributed by atoms with Crippen molar-refractivity contribution in [1.29, 1.82) is 0 Å². The van der Waals surface area contributed by atoms with Gasteiger partial charge in [-0.3, -0.25) is 4.55 Å². The third-order valence-electron chi connectivity index (χ3n) is 2.72. The first-order valence-corrected chi connectivity index (χ1v) is 7.81. The van der Waals surface area contributed by atoms with Crippen LogP contribution in [0, 0.1) is 0 Å².